The quantitative estimate of drug-likeness (QED) is 0.891. The van der Waals surface area contributed by atoms with Crippen molar-refractivity contribution < 1.29 is 17.2 Å². The topological polar surface area (TPSA) is 64.0 Å². The number of nitrogens with one attached hydrogen (secondary N) is 1. The SMILES string of the molecule is CC(F)(F)CCS(=O)(=O)Nc1cccc(-n2ccnc2)c1. The Morgan fingerprint density at radius 2 is 2.14 bits per heavy atom. The van der Waals surface area contributed by atoms with E-state index in [1.54, 1.807) is 47.6 Å². The molecule has 0 aliphatic carbocycles. The van der Waals surface area contributed by atoms with Crippen LogP contribution in [0, 0.1) is 0 Å². The number of hydrogen-bond acceptors (Lipinski definition) is 3. The number of hydrogen-bond donors (Lipinski definition) is 1. The smallest absolute Gasteiger partial charge is 0.246 e. The molecule has 5 nitrogen and oxygen atoms in total. The minimum absolute atomic E-state index is 0.320. The summed E-state index contributed by atoms with van der Waals surface area (Å²) in [5.74, 6) is -3.64. The van der Waals surface area contributed by atoms with Crippen LogP contribution in [0.3, 0.4) is 0 Å². The lowest BCUT2D eigenvalue weighted by Crippen LogP contribution is -2.22. The predicted molar refractivity (Wildman–Crippen MR) is 76.2 cm³/mol. The molecule has 1 aromatic heterocycles. The Labute approximate surface area is 121 Å². The zero-order valence-corrected chi connectivity index (χ0v) is 12.1. The fourth-order valence-corrected chi connectivity index (χ4v) is 2.90. The van der Waals surface area contributed by atoms with E-state index < -0.39 is 28.1 Å². The molecule has 0 bridgehead atoms. The van der Waals surface area contributed by atoms with Crippen molar-refractivity contribution in [2.75, 3.05) is 10.5 Å². The van der Waals surface area contributed by atoms with Crippen LogP contribution in [0.15, 0.2) is 43.0 Å². The average Bonchev–Trinajstić information content (AvgIpc) is 2.89. The standard InChI is InChI=1S/C13H15F2N3O2S/c1-13(14,15)5-8-21(19,20)17-11-3-2-4-12(9-11)18-7-6-16-10-18/h2-4,6-7,9-10,17H,5,8H2,1H3. The van der Waals surface area contributed by atoms with Crippen LogP contribution in [0.25, 0.3) is 5.69 Å². The summed E-state index contributed by atoms with van der Waals surface area (Å²) >= 11 is 0. The molecule has 2 rings (SSSR count). The van der Waals surface area contributed by atoms with Gasteiger partial charge in [-0.3, -0.25) is 4.72 Å². The molecule has 0 aliphatic heterocycles. The molecule has 1 heterocycles. The van der Waals surface area contributed by atoms with Crippen molar-refractivity contribution in [2.24, 2.45) is 0 Å². The lowest BCUT2D eigenvalue weighted by atomic mass is 10.3. The molecule has 0 radical (unpaired) electrons. The molecule has 0 amide bonds. The normalized spacial score (nSPS) is 12.3. The number of anilines is 1. The first-order valence-electron chi connectivity index (χ1n) is 6.22. The van der Waals surface area contributed by atoms with Gasteiger partial charge in [0.05, 0.1) is 17.8 Å². The number of imidazole rings is 1. The van der Waals surface area contributed by atoms with Crippen molar-refractivity contribution in [3.8, 4) is 5.69 Å². The summed E-state index contributed by atoms with van der Waals surface area (Å²) < 4.78 is 53.0. The monoisotopic (exact) mass is 315 g/mol. The van der Waals surface area contributed by atoms with Gasteiger partial charge in [0.15, 0.2) is 0 Å². The van der Waals surface area contributed by atoms with Crippen molar-refractivity contribution in [1.29, 1.82) is 0 Å². The van der Waals surface area contributed by atoms with Gasteiger partial charge in [-0.1, -0.05) is 6.07 Å². The Kier molecular flexibility index (Phi) is 4.26. The Morgan fingerprint density at radius 1 is 1.38 bits per heavy atom. The highest BCUT2D eigenvalue weighted by Gasteiger charge is 2.24. The molecule has 1 N–H and O–H groups in total. The number of halogens is 2. The van der Waals surface area contributed by atoms with E-state index in [9.17, 15) is 17.2 Å². The lowest BCUT2D eigenvalue weighted by Gasteiger charge is -2.12. The molecule has 114 valence electrons. The zero-order valence-electron chi connectivity index (χ0n) is 11.3. The van der Waals surface area contributed by atoms with Crippen LogP contribution in [0.1, 0.15) is 13.3 Å². The molecule has 0 aliphatic rings. The van der Waals surface area contributed by atoms with Crippen LogP contribution in [0.5, 0.6) is 0 Å². The van der Waals surface area contributed by atoms with E-state index in [1.165, 1.54) is 0 Å². The highest BCUT2D eigenvalue weighted by atomic mass is 32.2. The van der Waals surface area contributed by atoms with Gasteiger partial charge in [0.2, 0.25) is 15.9 Å². The van der Waals surface area contributed by atoms with E-state index in [0.717, 1.165) is 0 Å². The first-order valence-corrected chi connectivity index (χ1v) is 7.87. The highest BCUT2D eigenvalue weighted by molar-refractivity contribution is 7.92. The van der Waals surface area contributed by atoms with Crippen LogP contribution in [-0.2, 0) is 10.0 Å². The van der Waals surface area contributed by atoms with Gasteiger partial charge in [-0.2, -0.15) is 0 Å². The minimum atomic E-state index is -3.81. The number of aromatic nitrogens is 2. The van der Waals surface area contributed by atoms with Crippen LogP contribution in [-0.4, -0.2) is 29.6 Å². The summed E-state index contributed by atoms with van der Waals surface area (Å²) in [5.41, 5.74) is 1.04. The van der Waals surface area contributed by atoms with E-state index >= 15 is 0 Å². The van der Waals surface area contributed by atoms with E-state index in [-0.39, 0.29) is 0 Å². The molecule has 0 unspecified atom stereocenters. The van der Waals surface area contributed by atoms with E-state index in [2.05, 4.69) is 9.71 Å². The maximum Gasteiger partial charge on any atom is 0.246 e. The summed E-state index contributed by atoms with van der Waals surface area (Å²) in [4.78, 5) is 3.90. The van der Waals surface area contributed by atoms with E-state index in [1.807, 2.05) is 0 Å². The summed E-state index contributed by atoms with van der Waals surface area (Å²) in [6.45, 7) is 0.697. The largest absolute Gasteiger partial charge is 0.306 e. The molecule has 0 spiro atoms. The third-order valence-electron chi connectivity index (χ3n) is 2.73. The first-order chi connectivity index (χ1) is 9.75. The van der Waals surface area contributed by atoms with Crippen LogP contribution in [0.2, 0.25) is 0 Å². The fourth-order valence-electron chi connectivity index (χ4n) is 1.69. The number of benzene rings is 1. The molecule has 0 saturated carbocycles. The molecular formula is C13H15F2N3O2S. The third kappa shape index (κ3) is 4.82. The second kappa shape index (κ2) is 5.80. The van der Waals surface area contributed by atoms with Crippen molar-refractivity contribution in [3.63, 3.8) is 0 Å². The molecule has 8 heteroatoms. The second-order valence-electron chi connectivity index (χ2n) is 4.76. The lowest BCUT2D eigenvalue weighted by molar-refractivity contribution is 0.0189. The number of sulfonamides is 1. The Hall–Kier alpha value is -1.96. The number of rotatable bonds is 6. The summed E-state index contributed by atoms with van der Waals surface area (Å²) in [5, 5.41) is 0. The third-order valence-corrected chi connectivity index (χ3v) is 4.02. The fraction of sp³-hybridized carbons (Fsp3) is 0.308. The van der Waals surface area contributed by atoms with Gasteiger partial charge >= 0.3 is 0 Å². The van der Waals surface area contributed by atoms with Crippen LogP contribution >= 0.6 is 0 Å². The zero-order chi connectivity index (χ0) is 15.5. The molecular weight excluding hydrogens is 300 g/mol. The van der Waals surface area contributed by atoms with Gasteiger partial charge in [-0.05, 0) is 25.1 Å². The van der Waals surface area contributed by atoms with Crippen molar-refractivity contribution in [3.05, 3.63) is 43.0 Å². The van der Waals surface area contributed by atoms with E-state index in [0.29, 0.717) is 18.3 Å². The van der Waals surface area contributed by atoms with Gasteiger partial charge in [-0.25, -0.2) is 22.2 Å². The highest BCUT2D eigenvalue weighted by Crippen LogP contribution is 2.20. The average molecular weight is 315 g/mol. The maximum absolute atomic E-state index is 12.7. The van der Waals surface area contributed by atoms with Crippen LogP contribution in [0.4, 0.5) is 14.5 Å². The second-order valence-corrected chi connectivity index (χ2v) is 6.60. The van der Waals surface area contributed by atoms with Gasteiger partial charge in [0, 0.05) is 24.5 Å². The van der Waals surface area contributed by atoms with Gasteiger partial charge in [0.25, 0.3) is 0 Å². The van der Waals surface area contributed by atoms with Crippen molar-refractivity contribution >= 4 is 15.7 Å². The molecule has 21 heavy (non-hydrogen) atoms. The van der Waals surface area contributed by atoms with Crippen molar-refractivity contribution in [2.45, 2.75) is 19.3 Å². The Balaban J connectivity index is 2.11. The van der Waals surface area contributed by atoms with Crippen molar-refractivity contribution in [1.82, 2.24) is 9.55 Å². The summed E-state index contributed by atoms with van der Waals surface area (Å²) in [7, 11) is -3.81. The summed E-state index contributed by atoms with van der Waals surface area (Å²) in [6, 6.07) is 6.60. The minimum Gasteiger partial charge on any atom is -0.306 e. The first kappa shape index (κ1) is 15.4. The molecule has 1 aromatic carbocycles. The molecule has 2 aromatic rings. The number of alkyl halides is 2. The van der Waals surface area contributed by atoms with E-state index in [4.69, 9.17) is 0 Å². The van der Waals surface area contributed by atoms with Gasteiger partial charge in [0.1, 0.15) is 0 Å². The van der Waals surface area contributed by atoms with Crippen LogP contribution < -0.4 is 4.72 Å². The predicted octanol–water partition coefficient (Wildman–Crippen LogP) is 2.66. The summed E-state index contributed by atoms with van der Waals surface area (Å²) in [6.07, 6.45) is 4.17. The van der Waals surface area contributed by atoms with Gasteiger partial charge in [-0.15, -0.1) is 0 Å². The molecule has 0 fully saturated rings. The molecule has 0 atom stereocenters. The van der Waals surface area contributed by atoms with Gasteiger partial charge < -0.3 is 4.57 Å². The Morgan fingerprint density at radius 3 is 2.76 bits per heavy atom. The maximum atomic E-state index is 12.7. The molecule has 0 saturated heterocycles. The Bertz CT molecular complexity index is 694. The number of nitrogens with zero attached hydrogens (tertiary/aromatic N) is 2.